The van der Waals surface area contributed by atoms with E-state index < -0.39 is 33.0 Å². The monoisotopic (exact) mass is 498 g/mol. The highest BCUT2D eigenvalue weighted by molar-refractivity contribution is 8.45. The van der Waals surface area contributed by atoms with Crippen LogP contribution in [0, 0.1) is 0 Å². The molecule has 0 saturated carbocycles. The van der Waals surface area contributed by atoms with E-state index in [9.17, 15) is 33.8 Å². The van der Waals surface area contributed by atoms with Crippen LogP contribution in [0.1, 0.15) is 32.6 Å². The van der Waals surface area contributed by atoms with Gasteiger partial charge in [-0.15, -0.1) is 0 Å². The first-order valence-electron chi connectivity index (χ1n) is 9.86. The molecule has 12 heteroatoms. The van der Waals surface area contributed by atoms with E-state index in [-0.39, 0.29) is 31.0 Å². The van der Waals surface area contributed by atoms with Gasteiger partial charge in [0.25, 0.3) is 5.91 Å². The summed E-state index contributed by atoms with van der Waals surface area (Å²) < 4.78 is 69.3. The Balaban J connectivity index is 2.72. The Bertz CT molecular complexity index is 918. The molecule has 186 valence electrons. The van der Waals surface area contributed by atoms with Crippen molar-refractivity contribution < 1.29 is 38.5 Å². The van der Waals surface area contributed by atoms with Crippen molar-refractivity contribution in [3.8, 4) is 0 Å². The zero-order chi connectivity index (χ0) is 25.5. The number of halogens is 5. The highest BCUT2D eigenvalue weighted by atomic mass is 32.5. The quantitative estimate of drug-likeness (QED) is 0.149. The van der Waals surface area contributed by atoms with Gasteiger partial charge in [-0.2, -0.15) is 0 Å². The molecule has 0 heterocycles. The minimum atomic E-state index is -9.83. The third-order valence-electron chi connectivity index (χ3n) is 4.49. The maximum atomic E-state index is 12.9. The van der Waals surface area contributed by atoms with Crippen LogP contribution in [-0.2, 0) is 14.3 Å². The molecule has 1 aromatic rings. The first kappa shape index (κ1) is 28.1. The molecular weight excluding hydrogens is 471 g/mol. The van der Waals surface area contributed by atoms with Crippen LogP contribution < -0.4 is 4.90 Å². The predicted molar refractivity (Wildman–Crippen MR) is 118 cm³/mol. The first-order valence-corrected chi connectivity index (χ1v) is 11.8. The number of ether oxygens (including phenoxy) is 1. The molecule has 33 heavy (non-hydrogen) atoms. The predicted octanol–water partition coefficient (Wildman–Crippen LogP) is 6.59. The largest absolute Gasteiger partial charge is 0.462 e. The number of hydrogen-bond acceptors (Lipinski definition) is 4. The van der Waals surface area contributed by atoms with Crippen molar-refractivity contribution in [3.63, 3.8) is 0 Å². The molecule has 0 radical (unpaired) electrons. The molecule has 6 nitrogen and oxygen atoms in total. The van der Waals surface area contributed by atoms with Crippen molar-refractivity contribution in [2.45, 2.75) is 37.5 Å². The van der Waals surface area contributed by atoms with E-state index in [0.29, 0.717) is 31.3 Å². The van der Waals surface area contributed by atoms with Gasteiger partial charge in [-0.25, -0.2) is 9.59 Å². The number of anilines is 1. The lowest BCUT2D eigenvalue weighted by atomic mass is 10.2. The standard InChI is InChI=1S/C21H27F5N2O4S/c1-5-19(29)28(14-8-6-7-9-15-32-20(30)16(2)3)21(31)27(4)17-10-12-18(13-11-17)33(22,23,24,25)26/h5,10-13H,1-2,6-9,14-15H2,3-4H3. The molecule has 0 spiro atoms. The first-order chi connectivity index (χ1) is 15.0. The number of rotatable bonds is 11. The Labute approximate surface area is 189 Å². The molecule has 0 aliphatic rings. The van der Waals surface area contributed by atoms with Crippen LogP contribution in [0.25, 0.3) is 0 Å². The van der Waals surface area contributed by atoms with Crippen LogP contribution in [-0.4, -0.2) is 43.0 Å². The third-order valence-corrected chi connectivity index (χ3v) is 5.65. The second-order valence-electron chi connectivity index (χ2n) is 7.33. The van der Waals surface area contributed by atoms with Gasteiger partial charge in [-0.3, -0.25) is 14.6 Å². The van der Waals surface area contributed by atoms with Gasteiger partial charge in [0.1, 0.15) is 4.90 Å². The van der Waals surface area contributed by atoms with Crippen LogP contribution in [0.5, 0.6) is 0 Å². The molecule has 3 amide bonds. The normalized spacial score (nSPS) is 13.3. The summed E-state index contributed by atoms with van der Waals surface area (Å²) in [4.78, 5) is 35.8. The highest BCUT2D eigenvalue weighted by Crippen LogP contribution is 3.02. The third kappa shape index (κ3) is 8.87. The Kier molecular flexibility index (Phi) is 8.48. The fraction of sp³-hybridized carbons (Fsp3) is 0.381. The van der Waals surface area contributed by atoms with Gasteiger partial charge in [0.05, 0.1) is 6.61 Å². The summed E-state index contributed by atoms with van der Waals surface area (Å²) in [5, 5.41) is 0. The number of imide groups is 1. The molecule has 0 unspecified atom stereocenters. The summed E-state index contributed by atoms with van der Waals surface area (Å²) in [6, 6.07) is 1.000. The van der Waals surface area contributed by atoms with Crippen molar-refractivity contribution in [1.29, 1.82) is 0 Å². The number of esters is 1. The van der Waals surface area contributed by atoms with E-state index in [1.807, 2.05) is 0 Å². The minimum absolute atomic E-state index is 0.00310. The summed E-state index contributed by atoms with van der Waals surface area (Å²) >= 11 is 0. The number of nitrogens with zero attached hydrogens (tertiary/aromatic N) is 2. The molecule has 1 aromatic carbocycles. The van der Waals surface area contributed by atoms with Gasteiger partial charge < -0.3 is 4.74 Å². The topological polar surface area (TPSA) is 66.9 Å². The second kappa shape index (κ2) is 9.94. The number of carbonyl (C=O) groups excluding carboxylic acids is 3. The number of amides is 3. The second-order valence-corrected chi connectivity index (χ2v) is 9.74. The Morgan fingerprint density at radius 1 is 1.00 bits per heavy atom. The van der Waals surface area contributed by atoms with E-state index in [1.54, 1.807) is 0 Å². The van der Waals surface area contributed by atoms with E-state index >= 15 is 0 Å². The Morgan fingerprint density at radius 2 is 1.55 bits per heavy atom. The zero-order valence-corrected chi connectivity index (χ0v) is 19.2. The van der Waals surface area contributed by atoms with Crippen molar-refractivity contribution in [1.82, 2.24) is 4.90 Å². The average molecular weight is 499 g/mol. The molecule has 1 rings (SSSR count). The van der Waals surface area contributed by atoms with Gasteiger partial charge in [-0.1, -0.05) is 39.0 Å². The van der Waals surface area contributed by atoms with Crippen LogP contribution in [0.2, 0.25) is 0 Å². The summed E-state index contributed by atoms with van der Waals surface area (Å²) in [5.74, 6) is -1.20. The smallest absolute Gasteiger partial charge is 0.333 e. The molecule has 0 N–H and O–H groups in total. The van der Waals surface area contributed by atoms with Crippen LogP contribution in [0.4, 0.5) is 29.9 Å². The van der Waals surface area contributed by atoms with E-state index in [1.165, 1.54) is 14.0 Å². The fourth-order valence-electron chi connectivity index (χ4n) is 2.64. The average Bonchev–Trinajstić information content (AvgIpc) is 2.72. The maximum absolute atomic E-state index is 12.9. The van der Waals surface area contributed by atoms with Crippen molar-refractivity contribution in [2.24, 2.45) is 0 Å². The van der Waals surface area contributed by atoms with Crippen molar-refractivity contribution >= 4 is 33.8 Å². The lowest BCUT2D eigenvalue weighted by Gasteiger charge is -2.40. The number of unbranched alkanes of at least 4 members (excludes halogenated alkanes) is 3. The Morgan fingerprint density at radius 3 is 2.03 bits per heavy atom. The minimum Gasteiger partial charge on any atom is -0.462 e. The molecule has 0 saturated heterocycles. The summed E-state index contributed by atoms with van der Waals surface area (Å²) in [6.07, 6.45) is 3.15. The van der Waals surface area contributed by atoms with Crippen LogP contribution >= 0.6 is 10.2 Å². The molecule has 0 fully saturated rings. The van der Waals surface area contributed by atoms with Gasteiger partial charge in [0.15, 0.2) is 0 Å². The van der Waals surface area contributed by atoms with E-state index in [4.69, 9.17) is 4.74 Å². The fourth-order valence-corrected chi connectivity index (χ4v) is 3.29. The molecule has 0 bridgehead atoms. The zero-order valence-electron chi connectivity index (χ0n) is 18.4. The molecular formula is C21H27F5N2O4S. The van der Waals surface area contributed by atoms with Crippen molar-refractivity contribution in [2.75, 3.05) is 25.1 Å². The molecule has 0 aliphatic carbocycles. The van der Waals surface area contributed by atoms with E-state index in [2.05, 4.69) is 13.2 Å². The number of hydrogen-bond donors (Lipinski definition) is 0. The number of benzene rings is 1. The maximum Gasteiger partial charge on any atom is 0.333 e. The van der Waals surface area contributed by atoms with Crippen molar-refractivity contribution in [3.05, 3.63) is 49.1 Å². The van der Waals surface area contributed by atoms with Crippen LogP contribution in [0.3, 0.4) is 0 Å². The summed E-state index contributed by atoms with van der Waals surface area (Å²) in [7, 11) is -8.63. The lowest BCUT2D eigenvalue weighted by Crippen LogP contribution is -2.44. The molecule has 0 aliphatic heterocycles. The summed E-state index contributed by atoms with van der Waals surface area (Å²) in [5.41, 5.74) is 0.186. The van der Waals surface area contributed by atoms with Gasteiger partial charge in [0.2, 0.25) is 0 Å². The molecule has 0 atom stereocenters. The van der Waals surface area contributed by atoms with Crippen LogP contribution in [0.15, 0.2) is 54.0 Å². The number of carbonyl (C=O) groups is 3. The van der Waals surface area contributed by atoms with Gasteiger partial charge >= 0.3 is 22.2 Å². The highest BCUT2D eigenvalue weighted by Gasteiger charge is 2.65. The SMILES string of the molecule is C=CC(=O)N(CCCCCCOC(=O)C(=C)C)C(=O)N(C)c1ccc(S(F)(F)(F)(F)F)cc1. The molecule has 0 aromatic heterocycles. The van der Waals surface area contributed by atoms with Gasteiger partial charge in [-0.05, 0) is 56.5 Å². The van der Waals surface area contributed by atoms with Gasteiger partial charge in [0, 0.05) is 24.9 Å². The summed E-state index contributed by atoms with van der Waals surface area (Å²) in [6.45, 7) is 8.53. The Hall–Kier alpha value is -2.89. The lowest BCUT2D eigenvalue weighted by molar-refractivity contribution is -0.139. The number of urea groups is 1. The van der Waals surface area contributed by atoms with E-state index in [0.717, 1.165) is 28.0 Å².